The van der Waals surface area contributed by atoms with E-state index in [0.717, 1.165) is 12.1 Å². The summed E-state index contributed by atoms with van der Waals surface area (Å²) < 4.78 is 40.1. The summed E-state index contributed by atoms with van der Waals surface area (Å²) in [6, 6.07) is 2.45. The van der Waals surface area contributed by atoms with Crippen molar-refractivity contribution in [2.24, 2.45) is 0 Å². The van der Waals surface area contributed by atoms with E-state index in [1.165, 1.54) is 0 Å². The Morgan fingerprint density at radius 1 is 1.24 bits per heavy atom. The standard InChI is InChI=1S/C11H14Cl2N2O4S.K/c1-14(2)11(15(3)4)19-10-8(12)5-7(6-9(10)13)20(16,17)18;/h5-6H,1-4H3;/q;+1. The number of hydrogen-bond donors (Lipinski definition) is 0. The number of benzene rings is 1. The van der Waals surface area contributed by atoms with Gasteiger partial charge in [-0.3, -0.25) is 0 Å². The minimum atomic E-state index is -4.63. The van der Waals surface area contributed by atoms with Gasteiger partial charge in [0.2, 0.25) is 0 Å². The van der Waals surface area contributed by atoms with E-state index in [9.17, 15) is 13.0 Å². The van der Waals surface area contributed by atoms with Crippen LogP contribution < -0.4 is 56.1 Å². The Kier molecular flexibility index (Phi) is 8.71. The first-order valence-corrected chi connectivity index (χ1v) is 7.55. The van der Waals surface area contributed by atoms with Crippen molar-refractivity contribution in [3.63, 3.8) is 0 Å². The normalized spacial score (nSPS) is 10.6. The van der Waals surface area contributed by atoms with Gasteiger partial charge in [-0.25, -0.2) is 17.9 Å². The van der Waals surface area contributed by atoms with Crippen LogP contribution in [-0.2, 0) is 10.1 Å². The summed E-state index contributed by atoms with van der Waals surface area (Å²) in [6.07, 6.45) is 0. The molecule has 1 aromatic carbocycles. The second kappa shape index (κ2) is 8.46. The molecule has 0 aliphatic heterocycles. The molecule has 0 fully saturated rings. The van der Waals surface area contributed by atoms with E-state index < -0.39 is 15.0 Å². The SMILES string of the molecule is CN(C)C(Oc1c(Cl)cc(S(=O)(=O)[O-])cc1Cl)=[N+](C)C.[K+]. The van der Waals surface area contributed by atoms with Crippen LogP contribution in [0.25, 0.3) is 0 Å². The maximum atomic E-state index is 11.0. The van der Waals surface area contributed by atoms with Gasteiger partial charge in [0.1, 0.15) is 10.1 Å². The Labute approximate surface area is 176 Å². The van der Waals surface area contributed by atoms with Crippen molar-refractivity contribution in [2.75, 3.05) is 28.2 Å². The van der Waals surface area contributed by atoms with E-state index >= 15 is 0 Å². The van der Waals surface area contributed by atoms with Crippen LogP contribution in [0.5, 0.6) is 5.75 Å². The van der Waals surface area contributed by atoms with Gasteiger partial charge >= 0.3 is 57.4 Å². The largest absolute Gasteiger partial charge is 1.00 e. The fraction of sp³-hybridized carbons (Fsp3) is 0.364. The second-order valence-corrected chi connectivity index (χ2v) is 6.54. The maximum absolute atomic E-state index is 11.0. The Hall–Kier alpha value is 0.616. The van der Waals surface area contributed by atoms with Crippen LogP contribution in [0.4, 0.5) is 0 Å². The predicted molar refractivity (Wildman–Crippen MR) is 75.9 cm³/mol. The predicted octanol–water partition coefficient (Wildman–Crippen LogP) is -1.53. The Morgan fingerprint density at radius 2 is 1.67 bits per heavy atom. The monoisotopic (exact) mass is 379 g/mol. The molecule has 0 unspecified atom stereocenters. The minimum absolute atomic E-state index is 0. The smallest absolute Gasteiger partial charge is 0.744 e. The third-order valence-corrected chi connectivity index (χ3v) is 3.59. The van der Waals surface area contributed by atoms with Crippen LogP contribution in [0.2, 0.25) is 10.0 Å². The molecule has 0 N–H and O–H groups in total. The molecule has 0 saturated heterocycles. The summed E-state index contributed by atoms with van der Waals surface area (Å²) in [5, 5.41) is -0.124. The van der Waals surface area contributed by atoms with Gasteiger partial charge in [-0.05, 0) is 12.1 Å². The quantitative estimate of drug-likeness (QED) is 0.205. The van der Waals surface area contributed by atoms with Gasteiger partial charge < -0.3 is 9.29 Å². The molecule has 21 heavy (non-hydrogen) atoms. The molecule has 1 aromatic rings. The van der Waals surface area contributed by atoms with Crippen molar-refractivity contribution in [3.8, 4) is 5.75 Å². The average Bonchev–Trinajstić information content (AvgIpc) is 2.25. The third kappa shape index (κ3) is 5.96. The second-order valence-electron chi connectivity index (χ2n) is 4.34. The maximum Gasteiger partial charge on any atom is 1.00 e. The van der Waals surface area contributed by atoms with Crippen molar-refractivity contribution in [2.45, 2.75) is 4.90 Å². The molecule has 0 atom stereocenters. The Bertz CT molecular complexity index is 635. The number of halogens is 2. The first-order valence-electron chi connectivity index (χ1n) is 5.38. The molecule has 0 aliphatic carbocycles. The molecule has 0 heterocycles. The Morgan fingerprint density at radius 3 is 1.95 bits per heavy atom. The van der Waals surface area contributed by atoms with Crippen LogP contribution in [0.15, 0.2) is 17.0 Å². The fourth-order valence-corrected chi connectivity index (χ4v) is 2.67. The summed E-state index contributed by atoms with van der Waals surface area (Å²) in [4.78, 5) is 1.18. The molecule has 0 aromatic heterocycles. The van der Waals surface area contributed by atoms with E-state index in [1.807, 2.05) is 0 Å². The number of amidine groups is 1. The number of rotatable bonds is 2. The molecular formula is C11H14Cl2KN2O4S+. The first kappa shape index (κ1) is 21.6. The van der Waals surface area contributed by atoms with Gasteiger partial charge in [-0.2, -0.15) is 0 Å². The summed E-state index contributed by atoms with van der Waals surface area (Å²) in [5.41, 5.74) is 0. The Balaban J connectivity index is 0.00000400. The molecule has 0 saturated carbocycles. The zero-order valence-electron chi connectivity index (χ0n) is 12.3. The van der Waals surface area contributed by atoms with Gasteiger partial charge in [-0.15, -0.1) is 0 Å². The van der Waals surface area contributed by atoms with Crippen molar-refractivity contribution in [1.29, 1.82) is 0 Å². The minimum Gasteiger partial charge on any atom is -0.744 e. The van der Waals surface area contributed by atoms with Gasteiger partial charge in [0.25, 0.3) is 0 Å². The molecule has 6 nitrogen and oxygen atoms in total. The van der Waals surface area contributed by atoms with Crippen LogP contribution in [0.1, 0.15) is 0 Å². The van der Waals surface area contributed by atoms with Crippen molar-refractivity contribution in [1.82, 2.24) is 4.90 Å². The van der Waals surface area contributed by atoms with Crippen molar-refractivity contribution < 1.29 is 73.7 Å². The van der Waals surface area contributed by atoms with Crippen LogP contribution in [0, 0.1) is 0 Å². The van der Waals surface area contributed by atoms with E-state index in [-0.39, 0.29) is 67.2 Å². The first-order chi connectivity index (χ1) is 9.04. The summed E-state index contributed by atoms with van der Waals surface area (Å²) in [6.45, 7) is 0. The molecule has 1 rings (SSSR count). The van der Waals surface area contributed by atoms with Gasteiger partial charge in [-0.1, -0.05) is 23.2 Å². The third-order valence-electron chi connectivity index (χ3n) is 2.22. The summed E-state index contributed by atoms with van der Waals surface area (Å²) in [5.74, 6) is 0.0816. The summed E-state index contributed by atoms with van der Waals surface area (Å²) >= 11 is 11.9. The van der Waals surface area contributed by atoms with Gasteiger partial charge in [0, 0.05) is 0 Å². The zero-order chi connectivity index (χ0) is 15.7. The van der Waals surface area contributed by atoms with Crippen molar-refractivity contribution >= 4 is 39.3 Å². The number of nitrogens with zero attached hydrogens (tertiary/aromatic N) is 2. The van der Waals surface area contributed by atoms with E-state index in [0.29, 0.717) is 6.02 Å². The van der Waals surface area contributed by atoms with Crippen LogP contribution in [-0.4, -0.2) is 56.7 Å². The topological polar surface area (TPSA) is 72.7 Å². The molecule has 0 spiro atoms. The molecule has 10 heteroatoms. The molecule has 0 bridgehead atoms. The molecule has 0 radical (unpaired) electrons. The van der Waals surface area contributed by atoms with E-state index in [1.54, 1.807) is 37.7 Å². The average molecular weight is 380 g/mol. The van der Waals surface area contributed by atoms with Crippen LogP contribution >= 0.6 is 23.2 Å². The van der Waals surface area contributed by atoms with E-state index in [4.69, 9.17) is 27.9 Å². The number of hydrogen-bond acceptors (Lipinski definition) is 4. The molecular weight excluding hydrogens is 366 g/mol. The van der Waals surface area contributed by atoms with Gasteiger partial charge in [0.05, 0.1) is 43.1 Å². The number of ether oxygens (including phenoxy) is 1. The van der Waals surface area contributed by atoms with Gasteiger partial charge in [0.15, 0.2) is 5.75 Å². The van der Waals surface area contributed by atoms with Crippen molar-refractivity contribution in [3.05, 3.63) is 22.2 Å². The fourth-order valence-electron chi connectivity index (χ4n) is 1.45. The molecule has 112 valence electrons. The van der Waals surface area contributed by atoms with Crippen LogP contribution in [0.3, 0.4) is 0 Å². The summed E-state index contributed by atoms with van der Waals surface area (Å²) in [7, 11) is 2.40. The molecule has 0 aliphatic rings. The van der Waals surface area contributed by atoms with E-state index in [2.05, 4.69) is 0 Å². The zero-order valence-corrected chi connectivity index (χ0v) is 17.8. The molecule has 0 amide bonds.